The summed E-state index contributed by atoms with van der Waals surface area (Å²) in [6.07, 6.45) is -0.937. The lowest BCUT2D eigenvalue weighted by atomic mass is 9.77. The van der Waals surface area contributed by atoms with Gasteiger partial charge in [0, 0.05) is 31.4 Å². The summed E-state index contributed by atoms with van der Waals surface area (Å²) >= 11 is 4.52. The molecule has 2 heterocycles. The highest BCUT2D eigenvalue weighted by Gasteiger charge is 2.62. The normalized spacial score (nSPS) is 23.4. The number of anilines is 1. The number of rotatable bonds is 11. The van der Waals surface area contributed by atoms with Gasteiger partial charge in [-0.15, -0.1) is 0 Å². The summed E-state index contributed by atoms with van der Waals surface area (Å²) in [4.78, 5) is 28.9. The number of thiol groups is 1. The van der Waals surface area contributed by atoms with Crippen molar-refractivity contribution in [3.63, 3.8) is 0 Å². The summed E-state index contributed by atoms with van der Waals surface area (Å²) in [6.45, 7) is 3.82. The Bertz CT molecular complexity index is 967. The number of halogens is 3. The molecule has 1 aromatic carbocycles. The Kier molecular flexibility index (Phi) is 9.35. The van der Waals surface area contributed by atoms with Crippen LogP contribution in [0.15, 0.2) is 24.3 Å². The number of hydrogen-bond donors (Lipinski definition) is 3. The van der Waals surface area contributed by atoms with E-state index in [9.17, 15) is 28.0 Å². The molecule has 198 valence electrons. The second-order valence-electron chi connectivity index (χ2n) is 9.03. The number of benzene rings is 1. The number of alkyl halides is 3. The molecule has 1 aromatic rings. The fourth-order valence-corrected chi connectivity index (χ4v) is 5.14. The van der Waals surface area contributed by atoms with E-state index >= 15 is 0 Å². The molecule has 3 rings (SSSR count). The van der Waals surface area contributed by atoms with Gasteiger partial charge in [0.05, 0.1) is 12.1 Å². The van der Waals surface area contributed by atoms with E-state index in [2.05, 4.69) is 22.8 Å². The molecule has 2 aliphatic rings. The lowest BCUT2D eigenvalue weighted by Crippen LogP contribution is -2.76. The Labute approximate surface area is 214 Å². The lowest BCUT2D eigenvalue weighted by Gasteiger charge is -2.54. The van der Waals surface area contributed by atoms with Crippen molar-refractivity contribution in [1.29, 1.82) is 5.26 Å². The summed E-state index contributed by atoms with van der Waals surface area (Å²) in [7, 11) is 0. The van der Waals surface area contributed by atoms with E-state index in [4.69, 9.17) is 4.74 Å². The first-order chi connectivity index (χ1) is 17.1. The number of carbonyl (C=O) groups excluding carboxylic acids is 2. The maximum absolute atomic E-state index is 12.8. The van der Waals surface area contributed by atoms with Gasteiger partial charge in [0.25, 0.3) is 0 Å². The van der Waals surface area contributed by atoms with Crippen molar-refractivity contribution in [3.8, 4) is 11.8 Å². The zero-order valence-corrected chi connectivity index (χ0v) is 21.1. The van der Waals surface area contributed by atoms with Gasteiger partial charge in [0.1, 0.15) is 29.6 Å². The van der Waals surface area contributed by atoms with Crippen LogP contribution in [-0.2, 0) is 9.59 Å². The van der Waals surface area contributed by atoms with Crippen molar-refractivity contribution in [2.75, 3.05) is 51.2 Å². The highest BCUT2D eigenvalue weighted by atomic mass is 32.1. The van der Waals surface area contributed by atoms with Crippen LogP contribution in [0.3, 0.4) is 0 Å². The molecule has 0 aromatic heterocycles. The molecule has 2 N–H and O–H groups in total. The second kappa shape index (κ2) is 12.1. The zero-order chi connectivity index (χ0) is 26.3. The fourth-order valence-electron chi connectivity index (χ4n) is 4.65. The van der Waals surface area contributed by atoms with Crippen LogP contribution in [0.4, 0.5) is 18.9 Å². The average molecular weight is 528 g/mol. The van der Waals surface area contributed by atoms with Crippen molar-refractivity contribution < 1.29 is 27.5 Å². The van der Waals surface area contributed by atoms with E-state index in [1.54, 1.807) is 36.5 Å². The number of hydrogen-bond acceptors (Lipinski definition) is 7. The molecule has 0 saturated carbocycles. The predicted molar refractivity (Wildman–Crippen MR) is 132 cm³/mol. The number of β-lactam (4-membered cyclic amide) rings is 1. The third-order valence-electron chi connectivity index (χ3n) is 6.52. The molecule has 2 saturated heterocycles. The second-order valence-corrected chi connectivity index (χ2v) is 9.83. The van der Waals surface area contributed by atoms with Gasteiger partial charge >= 0.3 is 6.18 Å². The van der Waals surface area contributed by atoms with Crippen molar-refractivity contribution in [1.82, 2.24) is 15.1 Å². The molecule has 8 nitrogen and oxygen atoms in total. The van der Waals surface area contributed by atoms with E-state index in [1.807, 2.05) is 6.07 Å². The number of likely N-dealkylation sites (tertiary alicyclic amines) is 2. The minimum absolute atomic E-state index is 0.0297. The maximum atomic E-state index is 12.8. The topological polar surface area (TPSA) is 97.7 Å². The molecule has 2 fully saturated rings. The molecular formula is C24H32F3N5O3S. The molecule has 0 radical (unpaired) electrons. The minimum Gasteiger partial charge on any atom is -0.492 e. The number of ether oxygens (including phenoxy) is 1. The predicted octanol–water partition coefficient (Wildman–Crippen LogP) is 2.68. The Morgan fingerprint density at radius 2 is 2.06 bits per heavy atom. The third-order valence-corrected chi connectivity index (χ3v) is 7.13. The summed E-state index contributed by atoms with van der Waals surface area (Å²) in [5, 5.41) is 14.4. The first-order valence-corrected chi connectivity index (χ1v) is 12.5. The van der Waals surface area contributed by atoms with E-state index in [0.29, 0.717) is 18.0 Å². The van der Waals surface area contributed by atoms with Crippen LogP contribution < -0.4 is 15.4 Å². The minimum atomic E-state index is -4.62. The SMILES string of the molecule is CCN1C(=O)C(S)(CNc2cccc(OCCN3CCCCC3)c2)C1C(C#N)C(=O)NCC(F)(F)F. The number of nitrogens with zero attached hydrogens (tertiary/aromatic N) is 3. The van der Waals surface area contributed by atoms with Gasteiger partial charge in [0.2, 0.25) is 11.8 Å². The van der Waals surface area contributed by atoms with Gasteiger partial charge in [-0.1, -0.05) is 12.5 Å². The van der Waals surface area contributed by atoms with Crippen LogP contribution in [0.2, 0.25) is 0 Å². The molecule has 3 atom stereocenters. The molecule has 0 aliphatic carbocycles. The summed E-state index contributed by atoms with van der Waals surface area (Å²) in [5.41, 5.74) is 0.649. The summed E-state index contributed by atoms with van der Waals surface area (Å²) in [5.74, 6) is -2.34. The molecule has 3 unspecified atom stereocenters. The van der Waals surface area contributed by atoms with Gasteiger partial charge in [-0.2, -0.15) is 31.1 Å². The van der Waals surface area contributed by atoms with E-state index in [1.165, 1.54) is 24.2 Å². The van der Waals surface area contributed by atoms with Crippen LogP contribution >= 0.6 is 12.6 Å². The van der Waals surface area contributed by atoms with E-state index in [0.717, 1.165) is 19.6 Å². The van der Waals surface area contributed by atoms with E-state index in [-0.39, 0.29) is 13.1 Å². The number of nitriles is 1. The molecular weight excluding hydrogens is 495 g/mol. The monoisotopic (exact) mass is 527 g/mol. The molecule has 2 aliphatic heterocycles. The molecule has 2 amide bonds. The summed E-state index contributed by atoms with van der Waals surface area (Å²) in [6, 6.07) is 7.95. The molecule has 36 heavy (non-hydrogen) atoms. The standard InChI is InChI=1S/C24H32F3N5O3S/c1-2-32-20(19(14-28)21(33)30-16-24(25,26)27)23(36,22(32)34)15-29-17-7-6-8-18(13-17)35-12-11-31-9-4-3-5-10-31/h6-8,13,19-20,29,36H,2-5,9-12,15-16H2,1H3,(H,30,33). The molecule has 12 heteroatoms. The molecule has 0 bridgehead atoms. The van der Waals surface area contributed by atoms with Crippen molar-refractivity contribution >= 4 is 30.1 Å². The number of carbonyl (C=O) groups is 2. The number of amides is 2. The van der Waals surface area contributed by atoms with Gasteiger partial charge in [-0.05, 0) is 45.0 Å². The van der Waals surface area contributed by atoms with Crippen LogP contribution in [0.1, 0.15) is 26.2 Å². The smallest absolute Gasteiger partial charge is 0.405 e. The maximum Gasteiger partial charge on any atom is 0.405 e. The zero-order valence-electron chi connectivity index (χ0n) is 20.2. The fraction of sp³-hybridized carbons (Fsp3) is 0.625. The van der Waals surface area contributed by atoms with Crippen molar-refractivity contribution in [2.45, 2.75) is 43.2 Å². The van der Waals surface area contributed by atoms with Gasteiger partial charge in [-0.3, -0.25) is 14.5 Å². The van der Waals surface area contributed by atoms with E-state index < -0.39 is 41.2 Å². The van der Waals surface area contributed by atoms with Gasteiger partial charge < -0.3 is 20.3 Å². The van der Waals surface area contributed by atoms with Gasteiger partial charge in [-0.25, -0.2) is 0 Å². The Morgan fingerprint density at radius 3 is 2.69 bits per heavy atom. The Hall–Kier alpha value is -2.65. The summed E-state index contributed by atoms with van der Waals surface area (Å²) < 4.78 is 42.1. The van der Waals surface area contributed by atoms with Crippen LogP contribution in [-0.4, -0.2) is 84.5 Å². The lowest BCUT2D eigenvalue weighted by molar-refractivity contribution is -0.156. The van der Waals surface area contributed by atoms with Crippen molar-refractivity contribution in [3.05, 3.63) is 24.3 Å². The first kappa shape index (κ1) is 27.9. The third kappa shape index (κ3) is 6.76. The van der Waals surface area contributed by atoms with Crippen LogP contribution in [0, 0.1) is 17.2 Å². The van der Waals surface area contributed by atoms with Gasteiger partial charge in [0.15, 0.2) is 0 Å². The Morgan fingerprint density at radius 1 is 1.33 bits per heavy atom. The molecule has 0 spiro atoms. The number of piperidine rings is 1. The highest BCUT2D eigenvalue weighted by Crippen LogP contribution is 2.41. The first-order valence-electron chi connectivity index (χ1n) is 12.1. The highest BCUT2D eigenvalue weighted by molar-refractivity contribution is 7.83. The quantitative estimate of drug-likeness (QED) is 0.303. The largest absolute Gasteiger partial charge is 0.492 e. The Balaban J connectivity index is 1.62. The number of nitrogens with one attached hydrogen (secondary N) is 2. The van der Waals surface area contributed by atoms with Crippen LogP contribution in [0.25, 0.3) is 0 Å². The van der Waals surface area contributed by atoms with Crippen LogP contribution in [0.5, 0.6) is 5.75 Å². The van der Waals surface area contributed by atoms with Crippen molar-refractivity contribution in [2.24, 2.45) is 5.92 Å². The average Bonchev–Trinajstić information content (AvgIpc) is 2.86.